The Morgan fingerprint density at radius 3 is 2.48 bits per heavy atom. The van der Waals surface area contributed by atoms with Crippen molar-refractivity contribution in [3.05, 3.63) is 90.0 Å². The van der Waals surface area contributed by atoms with Crippen molar-refractivity contribution in [2.75, 3.05) is 5.32 Å². The number of phenols is 1. The zero-order valence-corrected chi connectivity index (χ0v) is 18.4. The van der Waals surface area contributed by atoms with Gasteiger partial charge in [-0.15, -0.1) is 0 Å². The van der Waals surface area contributed by atoms with E-state index in [9.17, 15) is 9.90 Å². The smallest absolute Gasteiger partial charge is 0.233 e. The fourth-order valence-corrected chi connectivity index (χ4v) is 4.06. The third kappa shape index (κ3) is 4.06. The quantitative estimate of drug-likeness (QED) is 0.302. The average molecular weight is 455 g/mol. The molecule has 5 aromatic rings. The van der Waals surface area contributed by atoms with Gasteiger partial charge in [-0.3, -0.25) is 10.1 Å². The number of halogens is 1. The van der Waals surface area contributed by atoms with Crippen LogP contribution in [0, 0.1) is 0 Å². The van der Waals surface area contributed by atoms with Crippen molar-refractivity contribution in [1.29, 1.82) is 0 Å². The van der Waals surface area contributed by atoms with Crippen LogP contribution in [0.2, 0.25) is 5.02 Å². The van der Waals surface area contributed by atoms with E-state index in [0.717, 1.165) is 21.9 Å². The van der Waals surface area contributed by atoms with Crippen LogP contribution in [-0.2, 0) is 4.79 Å². The molecule has 6 heteroatoms. The van der Waals surface area contributed by atoms with Crippen LogP contribution in [0.4, 0.5) is 5.88 Å². The second-order valence-electron chi connectivity index (χ2n) is 7.65. The number of aromatic nitrogens is 1. The summed E-state index contributed by atoms with van der Waals surface area (Å²) in [6, 6.07) is 26.6. The van der Waals surface area contributed by atoms with Gasteiger partial charge in [0.2, 0.25) is 17.7 Å². The summed E-state index contributed by atoms with van der Waals surface area (Å²) in [6.45, 7) is 1.39. The number of carbonyl (C=O) groups is 1. The Morgan fingerprint density at radius 1 is 0.909 bits per heavy atom. The predicted molar refractivity (Wildman–Crippen MR) is 131 cm³/mol. The van der Waals surface area contributed by atoms with E-state index in [1.54, 1.807) is 30.3 Å². The Labute approximate surface area is 195 Å². The number of aromatic hydroxyl groups is 1. The zero-order chi connectivity index (χ0) is 22.9. The van der Waals surface area contributed by atoms with Crippen molar-refractivity contribution in [1.82, 2.24) is 4.98 Å². The third-order valence-corrected chi connectivity index (χ3v) is 5.58. The molecule has 4 aromatic carbocycles. The number of rotatable bonds is 4. The minimum Gasteiger partial charge on any atom is -0.507 e. The van der Waals surface area contributed by atoms with Crippen molar-refractivity contribution in [2.45, 2.75) is 6.92 Å². The van der Waals surface area contributed by atoms with E-state index in [-0.39, 0.29) is 23.4 Å². The van der Waals surface area contributed by atoms with E-state index in [2.05, 4.69) is 28.5 Å². The number of fused-ring (bicyclic) bond motifs is 1. The largest absolute Gasteiger partial charge is 0.507 e. The first-order valence-corrected chi connectivity index (χ1v) is 10.7. The van der Waals surface area contributed by atoms with E-state index in [0.29, 0.717) is 21.8 Å². The maximum Gasteiger partial charge on any atom is 0.233 e. The van der Waals surface area contributed by atoms with Gasteiger partial charge in [-0.1, -0.05) is 72.3 Å². The number of carbonyl (C=O) groups excluding carboxylic acids is 1. The molecule has 162 valence electrons. The molecule has 33 heavy (non-hydrogen) atoms. The summed E-state index contributed by atoms with van der Waals surface area (Å²) in [5.41, 5.74) is 3.42. The molecule has 2 N–H and O–H groups in total. The van der Waals surface area contributed by atoms with Crippen LogP contribution >= 0.6 is 11.6 Å². The Morgan fingerprint density at radius 2 is 1.70 bits per heavy atom. The molecule has 0 bridgehead atoms. The lowest BCUT2D eigenvalue weighted by Crippen LogP contribution is -2.05. The van der Waals surface area contributed by atoms with Crippen molar-refractivity contribution in [3.63, 3.8) is 0 Å². The summed E-state index contributed by atoms with van der Waals surface area (Å²) >= 11 is 6.13. The summed E-state index contributed by atoms with van der Waals surface area (Å²) < 4.78 is 5.86. The number of nitrogens with zero attached hydrogens (tertiary/aromatic N) is 1. The molecular weight excluding hydrogens is 436 g/mol. The lowest BCUT2D eigenvalue weighted by Gasteiger charge is -2.09. The first-order valence-electron chi connectivity index (χ1n) is 10.4. The standard InChI is InChI=1S/C27H19ClN2O3/c1-16(31)29-27-25(19-8-4-9-20(28)14-19)30-26(33-27)23-13-12-18(15-24(23)32)22-11-5-7-17-6-2-3-10-21(17)22/h2-15,32H,1H3,(H,29,31). The number of phenolic OH excluding ortho intramolecular Hbond substituents is 1. The maximum atomic E-state index is 11.7. The van der Waals surface area contributed by atoms with Gasteiger partial charge in [-0.25, -0.2) is 4.98 Å². The van der Waals surface area contributed by atoms with E-state index in [4.69, 9.17) is 16.0 Å². The van der Waals surface area contributed by atoms with Crippen molar-refractivity contribution in [3.8, 4) is 39.6 Å². The number of anilines is 1. The summed E-state index contributed by atoms with van der Waals surface area (Å²) in [4.78, 5) is 16.3. The van der Waals surface area contributed by atoms with E-state index < -0.39 is 0 Å². The molecule has 0 spiro atoms. The maximum absolute atomic E-state index is 11.7. The highest BCUT2D eigenvalue weighted by Crippen LogP contribution is 2.39. The van der Waals surface area contributed by atoms with E-state index in [1.165, 1.54) is 6.92 Å². The van der Waals surface area contributed by atoms with Crippen LogP contribution in [0.25, 0.3) is 44.6 Å². The highest BCUT2D eigenvalue weighted by Gasteiger charge is 2.20. The van der Waals surface area contributed by atoms with Crippen LogP contribution in [0.5, 0.6) is 5.75 Å². The number of amides is 1. The SMILES string of the molecule is CC(=O)Nc1oc(-c2ccc(-c3cccc4ccccc34)cc2O)nc1-c1cccc(Cl)c1. The molecule has 1 amide bonds. The summed E-state index contributed by atoms with van der Waals surface area (Å²) in [5, 5.41) is 16.3. The highest BCUT2D eigenvalue weighted by molar-refractivity contribution is 6.30. The molecule has 0 aliphatic rings. The molecule has 0 radical (unpaired) electrons. The Bertz CT molecular complexity index is 1500. The third-order valence-electron chi connectivity index (χ3n) is 5.34. The lowest BCUT2D eigenvalue weighted by molar-refractivity contribution is -0.114. The van der Waals surface area contributed by atoms with Crippen LogP contribution < -0.4 is 5.32 Å². The van der Waals surface area contributed by atoms with Crippen LogP contribution in [-0.4, -0.2) is 16.0 Å². The van der Waals surface area contributed by atoms with Gasteiger partial charge in [0, 0.05) is 17.5 Å². The summed E-state index contributed by atoms with van der Waals surface area (Å²) in [5.74, 6) is 0.109. The normalized spacial score (nSPS) is 11.0. The number of hydrogen-bond donors (Lipinski definition) is 2. The molecule has 0 fully saturated rings. The number of hydrogen-bond acceptors (Lipinski definition) is 4. The first kappa shape index (κ1) is 20.8. The van der Waals surface area contributed by atoms with E-state index in [1.807, 2.05) is 36.4 Å². The molecule has 1 heterocycles. The van der Waals surface area contributed by atoms with Gasteiger partial charge in [-0.2, -0.15) is 0 Å². The predicted octanol–water partition coefficient (Wildman–Crippen LogP) is 7.15. The number of oxazole rings is 1. The van der Waals surface area contributed by atoms with Gasteiger partial charge in [-0.05, 0) is 46.2 Å². The Balaban J connectivity index is 1.59. The van der Waals surface area contributed by atoms with Crippen molar-refractivity contribution >= 4 is 34.2 Å². The molecule has 0 saturated heterocycles. The van der Waals surface area contributed by atoms with Crippen LogP contribution in [0.3, 0.4) is 0 Å². The minimum absolute atomic E-state index is 0.0219. The zero-order valence-electron chi connectivity index (χ0n) is 17.7. The van der Waals surface area contributed by atoms with E-state index >= 15 is 0 Å². The van der Waals surface area contributed by atoms with Gasteiger partial charge in [0.15, 0.2) is 0 Å². The Hall–Kier alpha value is -4.09. The molecule has 5 rings (SSSR count). The van der Waals surface area contributed by atoms with Crippen LogP contribution in [0.15, 0.2) is 89.3 Å². The molecule has 5 nitrogen and oxygen atoms in total. The van der Waals surface area contributed by atoms with Crippen LogP contribution in [0.1, 0.15) is 6.92 Å². The molecular formula is C27H19ClN2O3. The molecule has 0 atom stereocenters. The molecule has 0 unspecified atom stereocenters. The van der Waals surface area contributed by atoms with Gasteiger partial charge in [0.1, 0.15) is 11.4 Å². The number of benzene rings is 4. The lowest BCUT2D eigenvalue weighted by atomic mass is 9.97. The van der Waals surface area contributed by atoms with Gasteiger partial charge < -0.3 is 9.52 Å². The van der Waals surface area contributed by atoms with Crippen molar-refractivity contribution < 1.29 is 14.3 Å². The first-order chi connectivity index (χ1) is 16.0. The van der Waals surface area contributed by atoms with Crippen molar-refractivity contribution in [2.24, 2.45) is 0 Å². The molecule has 0 saturated carbocycles. The molecule has 1 aromatic heterocycles. The summed E-state index contributed by atoms with van der Waals surface area (Å²) in [6.07, 6.45) is 0. The van der Waals surface area contributed by atoms with Gasteiger partial charge >= 0.3 is 0 Å². The fraction of sp³-hybridized carbons (Fsp3) is 0.0370. The number of nitrogens with one attached hydrogen (secondary N) is 1. The second-order valence-corrected chi connectivity index (χ2v) is 8.08. The van der Waals surface area contributed by atoms with Gasteiger partial charge in [0.25, 0.3) is 0 Å². The fourth-order valence-electron chi connectivity index (χ4n) is 3.87. The monoisotopic (exact) mass is 454 g/mol. The Kier molecular flexibility index (Phi) is 5.32. The topological polar surface area (TPSA) is 75.4 Å². The minimum atomic E-state index is -0.295. The summed E-state index contributed by atoms with van der Waals surface area (Å²) in [7, 11) is 0. The van der Waals surface area contributed by atoms with Gasteiger partial charge in [0.05, 0.1) is 5.56 Å². The molecule has 0 aliphatic carbocycles. The highest BCUT2D eigenvalue weighted by atomic mass is 35.5. The average Bonchev–Trinajstić information content (AvgIpc) is 3.21. The second kappa shape index (κ2) is 8.45. The molecule has 0 aliphatic heterocycles.